The van der Waals surface area contributed by atoms with Crippen LogP contribution >= 0.6 is 0 Å². The molecular formula is C14H17N3O. The van der Waals surface area contributed by atoms with Crippen LogP contribution in [0.15, 0.2) is 30.3 Å². The minimum absolute atomic E-state index is 0.364. The molecule has 0 aliphatic carbocycles. The lowest BCUT2D eigenvalue weighted by Gasteiger charge is -2.31. The number of amides is 1. The average Bonchev–Trinajstić information content (AvgIpc) is 2.79. The van der Waals surface area contributed by atoms with Gasteiger partial charge in [-0.05, 0) is 31.4 Å². The van der Waals surface area contributed by atoms with E-state index in [-0.39, 0.29) is 5.91 Å². The Hall–Kier alpha value is -1.97. The Morgan fingerprint density at radius 1 is 1.11 bits per heavy atom. The van der Waals surface area contributed by atoms with Crippen LogP contribution in [0.2, 0.25) is 0 Å². The molecule has 2 N–H and O–H groups in total. The zero-order chi connectivity index (χ0) is 12.5. The van der Waals surface area contributed by atoms with Gasteiger partial charge in [-0.1, -0.05) is 18.2 Å². The summed E-state index contributed by atoms with van der Waals surface area (Å²) in [7, 11) is 0. The fourth-order valence-electron chi connectivity index (χ4n) is 2.70. The number of para-hydroxylation sites is 1. The first kappa shape index (κ1) is 11.1. The molecule has 0 atom stereocenters. The zero-order valence-corrected chi connectivity index (χ0v) is 10.3. The molecule has 1 aromatic heterocycles. The molecule has 3 rings (SSSR count). The molecule has 1 aliphatic rings. The highest BCUT2D eigenvalue weighted by atomic mass is 16.1. The van der Waals surface area contributed by atoms with Crippen molar-refractivity contribution in [3.8, 4) is 0 Å². The van der Waals surface area contributed by atoms with Gasteiger partial charge in [-0.25, -0.2) is 0 Å². The number of fused-ring (bicyclic) bond motifs is 1. The van der Waals surface area contributed by atoms with E-state index in [1.54, 1.807) is 0 Å². The van der Waals surface area contributed by atoms with Crippen LogP contribution in [0.3, 0.4) is 0 Å². The summed E-state index contributed by atoms with van der Waals surface area (Å²) in [5, 5.41) is 3.29. The maximum Gasteiger partial charge on any atom is 0.267 e. The summed E-state index contributed by atoms with van der Waals surface area (Å²) in [6.07, 6.45) is 3.61. The Balaban J connectivity index is 2.17. The predicted molar refractivity (Wildman–Crippen MR) is 72.3 cm³/mol. The molecule has 94 valence electrons. The molecule has 1 aromatic carbocycles. The van der Waals surface area contributed by atoms with Gasteiger partial charge >= 0.3 is 0 Å². The molecular weight excluding hydrogens is 226 g/mol. The van der Waals surface area contributed by atoms with Crippen LogP contribution in [0.4, 0.5) is 0 Å². The zero-order valence-electron chi connectivity index (χ0n) is 10.3. The fourth-order valence-corrected chi connectivity index (χ4v) is 2.70. The van der Waals surface area contributed by atoms with Gasteiger partial charge in [0.2, 0.25) is 0 Å². The molecule has 0 spiro atoms. The monoisotopic (exact) mass is 243 g/mol. The summed E-state index contributed by atoms with van der Waals surface area (Å²) >= 11 is 0. The lowest BCUT2D eigenvalue weighted by Crippen LogP contribution is -2.41. The number of nitrogens with two attached hydrogens (primary N) is 1. The minimum atomic E-state index is -0.364. The Morgan fingerprint density at radius 2 is 1.83 bits per heavy atom. The molecule has 0 radical (unpaired) electrons. The van der Waals surface area contributed by atoms with Gasteiger partial charge in [0.05, 0.1) is 5.52 Å². The predicted octanol–water partition coefficient (Wildman–Crippen LogP) is 1.86. The number of hydrogen-bond donors (Lipinski definition) is 1. The van der Waals surface area contributed by atoms with Crippen molar-refractivity contribution >= 4 is 16.8 Å². The normalized spacial score (nSPS) is 16.1. The summed E-state index contributed by atoms with van der Waals surface area (Å²) in [6.45, 7) is 1.97. The van der Waals surface area contributed by atoms with Crippen LogP contribution in [-0.4, -0.2) is 23.7 Å². The first-order valence-electron chi connectivity index (χ1n) is 6.43. The second-order valence-corrected chi connectivity index (χ2v) is 4.78. The van der Waals surface area contributed by atoms with Gasteiger partial charge in [-0.15, -0.1) is 0 Å². The van der Waals surface area contributed by atoms with E-state index in [0.717, 1.165) is 24.0 Å². The molecule has 18 heavy (non-hydrogen) atoms. The van der Waals surface area contributed by atoms with Crippen molar-refractivity contribution < 1.29 is 4.79 Å². The van der Waals surface area contributed by atoms with Crippen molar-refractivity contribution in [1.82, 2.24) is 4.68 Å². The van der Waals surface area contributed by atoms with Gasteiger partial charge in [-0.2, -0.15) is 0 Å². The second kappa shape index (κ2) is 4.37. The number of primary amides is 1. The van der Waals surface area contributed by atoms with Crippen LogP contribution in [0.25, 0.3) is 10.9 Å². The van der Waals surface area contributed by atoms with Crippen molar-refractivity contribution in [1.29, 1.82) is 0 Å². The number of nitrogens with zero attached hydrogens (tertiary/aromatic N) is 2. The third kappa shape index (κ3) is 1.74. The molecule has 0 saturated carbocycles. The first-order chi connectivity index (χ1) is 8.77. The largest absolute Gasteiger partial charge is 0.364 e. The van der Waals surface area contributed by atoms with Crippen LogP contribution in [-0.2, 0) is 0 Å². The summed E-state index contributed by atoms with van der Waals surface area (Å²) in [4.78, 5) is 11.6. The van der Waals surface area contributed by atoms with Crippen molar-refractivity contribution in [3.05, 3.63) is 36.0 Å². The maximum absolute atomic E-state index is 11.6. The molecule has 2 heterocycles. The molecule has 1 aliphatic heterocycles. The number of benzene rings is 1. The first-order valence-corrected chi connectivity index (χ1v) is 6.43. The number of aromatic nitrogens is 1. The topological polar surface area (TPSA) is 51.3 Å². The Morgan fingerprint density at radius 3 is 2.56 bits per heavy atom. The number of rotatable bonds is 2. The quantitative estimate of drug-likeness (QED) is 0.875. The molecule has 0 bridgehead atoms. The number of piperidine rings is 1. The number of carbonyl (C=O) groups excluding carboxylic acids is 1. The smallest absolute Gasteiger partial charge is 0.267 e. The summed E-state index contributed by atoms with van der Waals surface area (Å²) < 4.78 is 2.00. The van der Waals surface area contributed by atoms with Crippen molar-refractivity contribution in [3.63, 3.8) is 0 Å². The third-order valence-electron chi connectivity index (χ3n) is 3.55. The molecule has 2 aromatic rings. The molecule has 4 heteroatoms. The van der Waals surface area contributed by atoms with Gasteiger partial charge in [0.15, 0.2) is 0 Å². The lowest BCUT2D eigenvalue weighted by atomic mass is 10.2. The molecule has 1 amide bonds. The summed E-state index contributed by atoms with van der Waals surface area (Å²) in [6, 6.07) is 9.91. The van der Waals surface area contributed by atoms with Crippen molar-refractivity contribution in [2.45, 2.75) is 19.3 Å². The SMILES string of the molecule is NC(=O)c1cc2ccccc2n1N1CCCCC1. The summed E-state index contributed by atoms with van der Waals surface area (Å²) in [5.41, 5.74) is 7.14. The van der Waals surface area contributed by atoms with E-state index in [9.17, 15) is 4.79 Å². The Kier molecular flexibility index (Phi) is 2.70. The minimum Gasteiger partial charge on any atom is -0.364 e. The average molecular weight is 243 g/mol. The van der Waals surface area contributed by atoms with E-state index in [2.05, 4.69) is 5.01 Å². The van der Waals surface area contributed by atoms with Gasteiger partial charge in [0, 0.05) is 18.5 Å². The Labute approximate surface area is 106 Å². The molecule has 1 saturated heterocycles. The van der Waals surface area contributed by atoms with E-state index in [1.165, 1.54) is 19.3 Å². The number of carbonyl (C=O) groups is 1. The van der Waals surface area contributed by atoms with E-state index in [0.29, 0.717) is 5.69 Å². The van der Waals surface area contributed by atoms with Gasteiger partial charge in [0.25, 0.3) is 5.91 Å². The van der Waals surface area contributed by atoms with Crippen molar-refractivity contribution in [2.75, 3.05) is 18.1 Å². The van der Waals surface area contributed by atoms with Crippen LogP contribution in [0, 0.1) is 0 Å². The van der Waals surface area contributed by atoms with Crippen LogP contribution in [0.5, 0.6) is 0 Å². The van der Waals surface area contributed by atoms with Gasteiger partial charge < -0.3 is 10.7 Å². The van der Waals surface area contributed by atoms with E-state index < -0.39 is 0 Å². The fraction of sp³-hybridized carbons (Fsp3) is 0.357. The Bertz CT molecular complexity index is 582. The summed E-state index contributed by atoms with van der Waals surface area (Å²) in [5.74, 6) is -0.364. The van der Waals surface area contributed by atoms with Gasteiger partial charge in [0.1, 0.15) is 5.69 Å². The maximum atomic E-state index is 11.6. The van der Waals surface area contributed by atoms with Crippen LogP contribution < -0.4 is 10.7 Å². The van der Waals surface area contributed by atoms with Gasteiger partial charge in [-0.3, -0.25) is 9.47 Å². The lowest BCUT2D eigenvalue weighted by molar-refractivity contribution is 0.0991. The second-order valence-electron chi connectivity index (χ2n) is 4.78. The van der Waals surface area contributed by atoms with E-state index >= 15 is 0 Å². The highest BCUT2D eigenvalue weighted by Crippen LogP contribution is 2.21. The van der Waals surface area contributed by atoms with E-state index in [4.69, 9.17) is 5.73 Å². The molecule has 1 fully saturated rings. The molecule has 4 nitrogen and oxygen atoms in total. The van der Waals surface area contributed by atoms with Crippen LogP contribution in [0.1, 0.15) is 29.8 Å². The number of hydrogen-bond acceptors (Lipinski definition) is 2. The standard InChI is InChI=1S/C14H17N3O/c15-14(18)13-10-11-6-2-3-7-12(11)17(13)16-8-4-1-5-9-16/h2-3,6-7,10H,1,4-5,8-9H2,(H2,15,18). The highest BCUT2D eigenvalue weighted by Gasteiger charge is 2.19. The third-order valence-corrected chi connectivity index (χ3v) is 3.55. The van der Waals surface area contributed by atoms with E-state index in [1.807, 2.05) is 35.0 Å². The van der Waals surface area contributed by atoms with Crippen molar-refractivity contribution in [2.24, 2.45) is 5.73 Å². The molecule has 0 unspecified atom stereocenters. The highest BCUT2D eigenvalue weighted by molar-refractivity contribution is 5.98.